The van der Waals surface area contributed by atoms with E-state index >= 15 is 4.39 Å². The highest BCUT2D eigenvalue weighted by molar-refractivity contribution is 5.81. The van der Waals surface area contributed by atoms with Crippen LogP contribution in [0, 0.1) is 5.82 Å². The number of nitrogens with zero attached hydrogens (tertiary/aromatic N) is 1. The lowest BCUT2D eigenvalue weighted by Crippen LogP contribution is -2.10. The van der Waals surface area contributed by atoms with Gasteiger partial charge in [-0.05, 0) is 42.8 Å². The molecule has 0 saturated heterocycles. The number of hydrogen-bond donors (Lipinski definition) is 1. The Balaban J connectivity index is 2.16. The van der Waals surface area contributed by atoms with Crippen molar-refractivity contribution in [2.24, 2.45) is 0 Å². The van der Waals surface area contributed by atoms with Gasteiger partial charge in [-0.25, -0.2) is 4.39 Å². The van der Waals surface area contributed by atoms with Crippen molar-refractivity contribution in [3.05, 3.63) is 65.7 Å². The number of halogens is 1. The fraction of sp³-hybridized carbons (Fsp3) is 0.304. The fourth-order valence-electron chi connectivity index (χ4n) is 3.09. The van der Waals surface area contributed by atoms with Crippen LogP contribution in [0.3, 0.4) is 0 Å². The summed E-state index contributed by atoms with van der Waals surface area (Å²) in [5, 5.41) is 9.84. The Morgan fingerprint density at radius 3 is 2.22 bits per heavy atom. The van der Waals surface area contributed by atoms with E-state index in [1.807, 2.05) is 43.3 Å². The Labute approximate surface area is 160 Å². The molecule has 27 heavy (non-hydrogen) atoms. The van der Waals surface area contributed by atoms with Gasteiger partial charge in [0.15, 0.2) is 11.6 Å². The molecule has 3 aromatic rings. The summed E-state index contributed by atoms with van der Waals surface area (Å²) >= 11 is 0. The molecule has 0 atom stereocenters. The third-order valence-corrected chi connectivity index (χ3v) is 4.52. The molecule has 3 rings (SSSR count). The molecule has 142 valence electrons. The van der Waals surface area contributed by atoms with E-state index in [1.165, 1.54) is 5.56 Å². The van der Waals surface area contributed by atoms with Gasteiger partial charge in [-0.3, -0.25) is 0 Å². The third-order valence-electron chi connectivity index (χ3n) is 4.52. The van der Waals surface area contributed by atoms with Gasteiger partial charge >= 0.3 is 0 Å². The number of rotatable bonds is 4. The second-order valence-corrected chi connectivity index (χ2v) is 8.16. The maximum atomic E-state index is 15.2. The zero-order valence-electron chi connectivity index (χ0n) is 16.5. The van der Waals surface area contributed by atoms with Crippen LogP contribution in [-0.4, -0.2) is 24.1 Å². The van der Waals surface area contributed by atoms with Crippen LogP contribution in [0.2, 0.25) is 0 Å². The van der Waals surface area contributed by atoms with Gasteiger partial charge in [-0.1, -0.05) is 57.2 Å². The Bertz CT molecular complexity index is 934. The van der Waals surface area contributed by atoms with Gasteiger partial charge in [0.05, 0.1) is 12.1 Å². The SMILES string of the molecule is CN(C)Cc1oc(-c2ccc(C(C)(C)C)cc2)c(-c2cccc(O)c2)c1F. The molecule has 4 heteroatoms. The van der Waals surface area contributed by atoms with Crippen molar-refractivity contribution in [1.82, 2.24) is 4.90 Å². The van der Waals surface area contributed by atoms with E-state index in [4.69, 9.17) is 4.42 Å². The van der Waals surface area contributed by atoms with Crippen molar-refractivity contribution >= 4 is 0 Å². The highest BCUT2D eigenvalue weighted by atomic mass is 19.1. The molecule has 1 heterocycles. The minimum Gasteiger partial charge on any atom is -0.508 e. The van der Waals surface area contributed by atoms with Crippen LogP contribution in [0.5, 0.6) is 5.75 Å². The topological polar surface area (TPSA) is 36.6 Å². The van der Waals surface area contributed by atoms with Crippen LogP contribution in [0.1, 0.15) is 32.1 Å². The molecular formula is C23H26FNO2. The first-order chi connectivity index (χ1) is 12.7. The molecule has 0 saturated carbocycles. The average molecular weight is 367 g/mol. The van der Waals surface area contributed by atoms with E-state index in [0.29, 0.717) is 23.4 Å². The highest BCUT2D eigenvalue weighted by Crippen LogP contribution is 2.40. The predicted octanol–water partition coefficient (Wildman–Crippen LogP) is 5.82. The summed E-state index contributed by atoms with van der Waals surface area (Å²) in [6.45, 7) is 6.82. The summed E-state index contributed by atoms with van der Waals surface area (Å²) < 4.78 is 21.2. The van der Waals surface area contributed by atoms with Gasteiger partial charge in [-0.15, -0.1) is 0 Å². The van der Waals surface area contributed by atoms with Crippen molar-refractivity contribution in [2.75, 3.05) is 14.1 Å². The predicted molar refractivity (Wildman–Crippen MR) is 107 cm³/mol. The molecular weight excluding hydrogens is 341 g/mol. The molecule has 0 aliphatic heterocycles. The maximum absolute atomic E-state index is 15.2. The first kappa shape index (κ1) is 19.2. The van der Waals surface area contributed by atoms with Crippen LogP contribution < -0.4 is 0 Å². The molecule has 0 aliphatic carbocycles. The van der Waals surface area contributed by atoms with Crippen molar-refractivity contribution < 1.29 is 13.9 Å². The molecule has 0 radical (unpaired) electrons. The average Bonchev–Trinajstić information content (AvgIpc) is 2.90. The van der Waals surface area contributed by atoms with E-state index in [2.05, 4.69) is 20.8 Å². The standard InChI is InChI=1S/C23H26FNO2/c1-23(2,3)17-11-9-15(10-12-17)22-20(16-7-6-8-18(26)13-16)21(24)19(27-22)14-25(4)5/h6-13,26H,14H2,1-5H3. The summed E-state index contributed by atoms with van der Waals surface area (Å²) in [5.74, 6) is 0.476. The van der Waals surface area contributed by atoms with Crippen LogP contribution in [0.15, 0.2) is 52.9 Å². The fourth-order valence-corrected chi connectivity index (χ4v) is 3.09. The van der Waals surface area contributed by atoms with Gasteiger partial charge in [-0.2, -0.15) is 0 Å². The van der Waals surface area contributed by atoms with Crippen molar-refractivity contribution in [2.45, 2.75) is 32.7 Å². The van der Waals surface area contributed by atoms with Gasteiger partial charge < -0.3 is 14.4 Å². The first-order valence-corrected chi connectivity index (χ1v) is 9.03. The molecule has 0 aliphatic rings. The molecule has 1 aromatic heterocycles. The summed E-state index contributed by atoms with van der Waals surface area (Å²) in [6.07, 6.45) is 0. The van der Waals surface area contributed by atoms with Gasteiger partial charge in [0, 0.05) is 5.56 Å². The Morgan fingerprint density at radius 2 is 1.67 bits per heavy atom. The van der Waals surface area contributed by atoms with E-state index in [-0.39, 0.29) is 22.7 Å². The number of benzene rings is 2. The molecule has 0 spiro atoms. The first-order valence-electron chi connectivity index (χ1n) is 9.03. The van der Waals surface area contributed by atoms with Crippen LogP contribution >= 0.6 is 0 Å². The second-order valence-electron chi connectivity index (χ2n) is 8.16. The molecule has 0 fully saturated rings. The van der Waals surface area contributed by atoms with Crippen molar-refractivity contribution in [3.63, 3.8) is 0 Å². The molecule has 2 aromatic carbocycles. The van der Waals surface area contributed by atoms with Gasteiger partial charge in [0.1, 0.15) is 11.5 Å². The van der Waals surface area contributed by atoms with E-state index in [1.54, 1.807) is 24.3 Å². The van der Waals surface area contributed by atoms with Crippen molar-refractivity contribution in [3.8, 4) is 28.2 Å². The Morgan fingerprint density at radius 1 is 1.00 bits per heavy atom. The van der Waals surface area contributed by atoms with Gasteiger partial charge in [0.25, 0.3) is 0 Å². The zero-order valence-corrected chi connectivity index (χ0v) is 16.5. The maximum Gasteiger partial charge on any atom is 0.174 e. The van der Waals surface area contributed by atoms with Crippen molar-refractivity contribution in [1.29, 1.82) is 0 Å². The summed E-state index contributed by atoms with van der Waals surface area (Å²) in [4.78, 5) is 1.86. The minimum absolute atomic E-state index is 0.0388. The lowest BCUT2D eigenvalue weighted by atomic mass is 9.86. The zero-order chi connectivity index (χ0) is 19.8. The Kier molecular flexibility index (Phi) is 5.11. The van der Waals surface area contributed by atoms with E-state index < -0.39 is 0 Å². The smallest absolute Gasteiger partial charge is 0.174 e. The van der Waals surface area contributed by atoms with Crippen LogP contribution in [0.4, 0.5) is 4.39 Å². The monoisotopic (exact) mass is 367 g/mol. The highest BCUT2D eigenvalue weighted by Gasteiger charge is 2.24. The van der Waals surface area contributed by atoms with Crippen LogP contribution in [-0.2, 0) is 12.0 Å². The summed E-state index contributed by atoms with van der Waals surface area (Å²) in [6, 6.07) is 14.6. The molecule has 1 N–H and O–H groups in total. The van der Waals surface area contributed by atoms with Gasteiger partial charge in [0.2, 0.25) is 0 Å². The third kappa shape index (κ3) is 4.06. The molecule has 3 nitrogen and oxygen atoms in total. The molecule has 0 bridgehead atoms. The number of phenolic OH excluding ortho intramolecular Hbond substituents is 1. The van der Waals surface area contributed by atoms with Crippen LogP contribution in [0.25, 0.3) is 22.5 Å². The van der Waals surface area contributed by atoms with E-state index in [9.17, 15) is 5.11 Å². The lowest BCUT2D eigenvalue weighted by Gasteiger charge is -2.19. The summed E-state index contributed by atoms with van der Waals surface area (Å²) in [7, 11) is 3.74. The number of aromatic hydroxyl groups is 1. The van der Waals surface area contributed by atoms with E-state index in [0.717, 1.165) is 5.56 Å². The number of hydrogen-bond acceptors (Lipinski definition) is 3. The minimum atomic E-state index is -0.385. The molecule has 0 amide bonds. The largest absolute Gasteiger partial charge is 0.508 e. The number of furan rings is 1. The molecule has 0 unspecified atom stereocenters. The lowest BCUT2D eigenvalue weighted by molar-refractivity contribution is 0.339. The number of phenols is 1. The Hall–Kier alpha value is -2.59. The quantitative estimate of drug-likeness (QED) is 0.631. The second kappa shape index (κ2) is 7.20. The summed E-state index contributed by atoms with van der Waals surface area (Å²) in [5.41, 5.74) is 3.02. The normalized spacial score (nSPS) is 12.0.